The average Bonchev–Trinajstić information content (AvgIpc) is 2.90. The average molecular weight is 256 g/mol. The summed E-state index contributed by atoms with van der Waals surface area (Å²) in [6.45, 7) is 0. The number of aromatic amines is 1. The van der Waals surface area contributed by atoms with Gasteiger partial charge in [0.15, 0.2) is 5.82 Å². The Morgan fingerprint density at radius 3 is 2.74 bits per heavy atom. The number of methoxy groups -OCH3 is 1. The number of fused-ring (bicyclic) bond motifs is 1. The molecule has 0 aliphatic rings. The van der Waals surface area contributed by atoms with Crippen molar-refractivity contribution in [2.75, 3.05) is 12.8 Å². The van der Waals surface area contributed by atoms with E-state index in [0.717, 1.165) is 16.5 Å². The Hall–Kier alpha value is -2.49. The first-order chi connectivity index (χ1) is 9.22. The van der Waals surface area contributed by atoms with Crippen molar-refractivity contribution >= 4 is 16.6 Å². The van der Waals surface area contributed by atoms with Crippen LogP contribution in [0.3, 0.4) is 0 Å². The molecule has 0 amide bonds. The van der Waals surface area contributed by atoms with Crippen LogP contribution in [0.5, 0.6) is 5.75 Å². The molecule has 3 aromatic rings. The van der Waals surface area contributed by atoms with Gasteiger partial charge in [0.25, 0.3) is 0 Å². The molecule has 0 saturated heterocycles. The number of ether oxygens (including phenoxy) is 1. The molecule has 3 N–H and O–H groups in total. The minimum Gasteiger partial charge on any atom is -0.494 e. The number of benzene rings is 2. The smallest absolute Gasteiger partial charge is 0.157 e. The molecule has 3 nitrogen and oxygen atoms in total. The number of aromatic nitrogens is 1. The highest BCUT2D eigenvalue weighted by Crippen LogP contribution is 2.35. The van der Waals surface area contributed by atoms with Crippen LogP contribution in [-0.2, 0) is 0 Å². The molecule has 0 saturated carbocycles. The number of rotatable bonds is 2. The molecule has 96 valence electrons. The number of H-pyrrole nitrogens is 1. The van der Waals surface area contributed by atoms with Gasteiger partial charge in [-0.3, -0.25) is 0 Å². The highest BCUT2D eigenvalue weighted by atomic mass is 19.1. The Morgan fingerprint density at radius 1 is 1.11 bits per heavy atom. The lowest BCUT2D eigenvalue weighted by Crippen LogP contribution is -1.98. The van der Waals surface area contributed by atoms with E-state index in [9.17, 15) is 4.39 Å². The highest BCUT2D eigenvalue weighted by molar-refractivity contribution is 5.95. The number of nitrogen functional groups attached to an aromatic ring is 1. The van der Waals surface area contributed by atoms with Crippen LogP contribution in [0.2, 0.25) is 0 Å². The topological polar surface area (TPSA) is 51.0 Å². The number of nitrogens with two attached hydrogens (primary N) is 1. The van der Waals surface area contributed by atoms with Crippen molar-refractivity contribution in [2.24, 2.45) is 0 Å². The van der Waals surface area contributed by atoms with Crippen LogP contribution in [-0.4, -0.2) is 12.1 Å². The van der Waals surface area contributed by atoms with E-state index >= 15 is 0 Å². The van der Waals surface area contributed by atoms with Crippen molar-refractivity contribution in [2.45, 2.75) is 0 Å². The Balaban J connectivity index is 2.28. The van der Waals surface area contributed by atoms with Gasteiger partial charge < -0.3 is 15.5 Å². The molecule has 1 heterocycles. The van der Waals surface area contributed by atoms with Gasteiger partial charge in [0.2, 0.25) is 0 Å². The maximum Gasteiger partial charge on any atom is 0.157 e. The van der Waals surface area contributed by atoms with Gasteiger partial charge >= 0.3 is 0 Å². The van der Waals surface area contributed by atoms with Crippen molar-refractivity contribution in [3.63, 3.8) is 0 Å². The van der Waals surface area contributed by atoms with E-state index in [1.165, 1.54) is 7.11 Å². The van der Waals surface area contributed by atoms with E-state index in [1.54, 1.807) is 12.1 Å². The molecular formula is C15H13FN2O. The lowest BCUT2D eigenvalue weighted by Gasteiger charge is -2.10. The molecule has 0 fully saturated rings. The SMILES string of the molecule is COc1ccc(-c2cccc3cc[nH]c23)c(F)c1N. The fourth-order valence-corrected chi connectivity index (χ4v) is 2.27. The summed E-state index contributed by atoms with van der Waals surface area (Å²) in [5.74, 6) is -0.110. The van der Waals surface area contributed by atoms with Crippen molar-refractivity contribution in [1.29, 1.82) is 0 Å². The highest BCUT2D eigenvalue weighted by Gasteiger charge is 2.14. The number of halogens is 1. The number of hydrogen-bond acceptors (Lipinski definition) is 2. The van der Waals surface area contributed by atoms with Crippen molar-refractivity contribution < 1.29 is 9.13 Å². The van der Waals surface area contributed by atoms with Gasteiger partial charge in [-0.15, -0.1) is 0 Å². The number of para-hydroxylation sites is 1. The minimum absolute atomic E-state index is 0.0311. The number of hydrogen-bond donors (Lipinski definition) is 2. The maximum atomic E-state index is 14.4. The van der Waals surface area contributed by atoms with Crippen LogP contribution in [0.25, 0.3) is 22.0 Å². The maximum absolute atomic E-state index is 14.4. The summed E-state index contributed by atoms with van der Waals surface area (Å²) in [4.78, 5) is 3.12. The summed E-state index contributed by atoms with van der Waals surface area (Å²) in [5.41, 5.74) is 7.92. The molecule has 4 heteroatoms. The summed E-state index contributed by atoms with van der Waals surface area (Å²) in [7, 11) is 1.47. The molecule has 19 heavy (non-hydrogen) atoms. The Bertz CT molecular complexity index is 749. The van der Waals surface area contributed by atoms with Gasteiger partial charge in [-0.1, -0.05) is 18.2 Å². The zero-order chi connectivity index (χ0) is 13.4. The first-order valence-electron chi connectivity index (χ1n) is 5.91. The minimum atomic E-state index is -0.457. The summed E-state index contributed by atoms with van der Waals surface area (Å²) in [6.07, 6.45) is 1.83. The van der Waals surface area contributed by atoms with Gasteiger partial charge in [-0.2, -0.15) is 0 Å². The molecule has 0 atom stereocenters. The summed E-state index contributed by atoms with van der Waals surface area (Å²) in [5, 5.41) is 1.03. The van der Waals surface area contributed by atoms with Gasteiger partial charge in [0, 0.05) is 17.3 Å². The molecule has 0 bridgehead atoms. The standard InChI is InChI=1S/C15H13FN2O/c1-19-12-6-5-10(13(16)14(12)17)11-4-2-3-9-7-8-18-15(9)11/h2-8,18H,17H2,1H3. The second kappa shape index (κ2) is 4.31. The second-order valence-corrected chi connectivity index (χ2v) is 4.29. The molecule has 0 unspecified atom stereocenters. The fourth-order valence-electron chi connectivity index (χ4n) is 2.27. The normalized spacial score (nSPS) is 10.8. The van der Waals surface area contributed by atoms with Gasteiger partial charge in [0.1, 0.15) is 11.4 Å². The second-order valence-electron chi connectivity index (χ2n) is 4.29. The van der Waals surface area contributed by atoms with Crippen molar-refractivity contribution in [1.82, 2.24) is 4.98 Å². The van der Waals surface area contributed by atoms with E-state index in [4.69, 9.17) is 10.5 Å². The van der Waals surface area contributed by atoms with E-state index in [0.29, 0.717) is 11.3 Å². The summed E-state index contributed by atoms with van der Waals surface area (Å²) in [6, 6.07) is 11.0. The molecule has 0 radical (unpaired) electrons. The quantitative estimate of drug-likeness (QED) is 0.689. The summed E-state index contributed by atoms with van der Waals surface area (Å²) >= 11 is 0. The van der Waals surface area contributed by atoms with E-state index in [2.05, 4.69) is 4.98 Å². The molecule has 0 spiro atoms. The van der Waals surface area contributed by atoms with Gasteiger partial charge in [0.05, 0.1) is 12.6 Å². The molecular weight excluding hydrogens is 243 g/mol. The fraction of sp³-hybridized carbons (Fsp3) is 0.0667. The van der Waals surface area contributed by atoms with E-state index in [1.807, 2.05) is 30.5 Å². The van der Waals surface area contributed by atoms with Crippen LogP contribution >= 0.6 is 0 Å². The Labute approximate surface area is 109 Å². The number of nitrogens with one attached hydrogen (secondary N) is 1. The largest absolute Gasteiger partial charge is 0.494 e. The Morgan fingerprint density at radius 2 is 1.95 bits per heavy atom. The van der Waals surface area contributed by atoms with Crippen molar-refractivity contribution in [3.8, 4) is 16.9 Å². The van der Waals surface area contributed by atoms with Crippen LogP contribution in [0.4, 0.5) is 10.1 Å². The van der Waals surface area contributed by atoms with Crippen LogP contribution in [0.15, 0.2) is 42.6 Å². The monoisotopic (exact) mass is 256 g/mol. The molecule has 1 aromatic heterocycles. The van der Waals surface area contributed by atoms with Crippen LogP contribution in [0.1, 0.15) is 0 Å². The molecule has 0 aliphatic heterocycles. The number of anilines is 1. The lowest BCUT2D eigenvalue weighted by molar-refractivity contribution is 0.414. The third kappa shape index (κ3) is 1.73. The van der Waals surface area contributed by atoms with E-state index < -0.39 is 5.82 Å². The van der Waals surface area contributed by atoms with Crippen LogP contribution in [0, 0.1) is 5.82 Å². The molecule has 2 aromatic carbocycles. The molecule has 0 aliphatic carbocycles. The first kappa shape index (κ1) is 11.6. The van der Waals surface area contributed by atoms with Gasteiger partial charge in [-0.25, -0.2) is 4.39 Å². The predicted molar refractivity (Wildman–Crippen MR) is 74.7 cm³/mol. The predicted octanol–water partition coefficient (Wildman–Crippen LogP) is 3.56. The van der Waals surface area contributed by atoms with Gasteiger partial charge in [-0.05, 0) is 23.6 Å². The van der Waals surface area contributed by atoms with E-state index in [-0.39, 0.29) is 5.69 Å². The Kier molecular flexibility index (Phi) is 2.63. The summed E-state index contributed by atoms with van der Waals surface area (Å²) < 4.78 is 19.4. The first-order valence-corrected chi connectivity index (χ1v) is 5.91. The third-order valence-corrected chi connectivity index (χ3v) is 3.24. The lowest BCUT2D eigenvalue weighted by atomic mass is 10.0. The van der Waals surface area contributed by atoms with Crippen LogP contribution < -0.4 is 10.5 Å². The zero-order valence-corrected chi connectivity index (χ0v) is 10.4. The zero-order valence-electron chi connectivity index (χ0n) is 10.4. The molecule has 3 rings (SSSR count). The van der Waals surface area contributed by atoms with Crippen molar-refractivity contribution in [3.05, 3.63) is 48.4 Å². The third-order valence-electron chi connectivity index (χ3n) is 3.24.